The van der Waals surface area contributed by atoms with Gasteiger partial charge in [0.1, 0.15) is 18.1 Å². The molecule has 31 heavy (non-hydrogen) atoms. The second-order valence-corrected chi connectivity index (χ2v) is 7.82. The number of hydrogen-bond donors (Lipinski definition) is 1. The van der Waals surface area contributed by atoms with Crippen molar-refractivity contribution in [1.82, 2.24) is 0 Å². The molecule has 0 radical (unpaired) electrons. The van der Waals surface area contributed by atoms with Crippen LogP contribution >= 0.6 is 0 Å². The topological polar surface area (TPSA) is 47.9 Å². The van der Waals surface area contributed by atoms with Crippen LogP contribution in [0.3, 0.4) is 0 Å². The van der Waals surface area contributed by atoms with Gasteiger partial charge < -0.3 is 19.3 Å². The first-order valence-corrected chi connectivity index (χ1v) is 10.3. The Kier molecular flexibility index (Phi) is 6.91. The Morgan fingerprint density at radius 2 is 1.55 bits per heavy atom. The molecule has 0 fully saturated rings. The lowest BCUT2D eigenvalue weighted by Gasteiger charge is -2.19. The van der Waals surface area contributed by atoms with Crippen LogP contribution in [0.1, 0.15) is 25.0 Å². The zero-order valence-electron chi connectivity index (χ0n) is 19.1. The maximum Gasteiger partial charge on any atom is 0.170 e. The number of aryl methyl sites for hydroxylation is 2. The Hall–Kier alpha value is -3.40. The van der Waals surface area contributed by atoms with Gasteiger partial charge >= 0.3 is 0 Å². The second-order valence-electron chi connectivity index (χ2n) is 7.82. The fraction of sp³-hybridized carbons (Fsp3) is 0.259. The number of rotatable bonds is 7. The van der Waals surface area contributed by atoms with E-state index in [4.69, 9.17) is 14.2 Å². The van der Waals surface area contributed by atoms with E-state index in [1.807, 2.05) is 82.3 Å². The fourth-order valence-electron chi connectivity index (χ4n) is 3.49. The summed E-state index contributed by atoms with van der Waals surface area (Å²) < 4.78 is 17.1. The number of allylic oxidation sites excluding steroid dienone is 1. The Morgan fingerprint density at radius 1 is 0.871 bits per heavy atom. The molecule has 0 unspecified atom stereocenters. The second kappa shape index (κ2) is 9.61. The van der Waals surface area contributed by atoms with Crippen molar-refractivity contribution in [3.05, 3.63) is 71.3 Å². The number of benzene rings is 3. The molecule has 0 heterocycles. The maximum atomic E-state index is 11.2. The monoisotopic (exact) mass is 418 g/mol. The zero-order chi connectivity index (χ0) is 22.5. The Labute approximate surface area is 184 Å². The van der Waals surface area contributed by atoms with Gasteiger partial charge in [0.15, 0.2) is 11.5 Å². The standard InChI is InChI=1S/C27H30O4/c1-17(2)13-14-31-23-12-11-21(15-19(23)4)25-24(29-5)16-22(27(30-6)26(25)28)20-9-7-18(3)8-10-20/h7-13,15-16,28H,14H2,1-6H3. The predicted octanol–water partition coefficient (Wildman–Crippen LogP) is 6.71. The van der Waals surface area contributed by atoms with Gasteiger partial charge in [-0.15, -0.1) is 0 Å². The Morgan fingerprint density at radius 3 is 2.13 bits per heavy atom. The van der Waals surface area contributed by atoms with Crippen molar-refractivity contribution in [3.8, 4) is 45.3 Å². The van der Waals surface area contributed by atoms with E-state index < -0.39 is 0 Å². The molecule has 3 aromatic carbocycles. The smallest absolute Gasteiger partial charge is 0.170 e. The third-order valence-corrected chi connectivity index (χ3v) is 5.20. The van der Waals surface area contributed by atoms with Gasteiger partial charge in [-0.05, 0) is 68.7 Å². The van der Waals surface area contributed by atoms with Crippen LogP contribution < -0.4 is 14.2 Å². The summed E-state index contributed by atoms with van der Waals surface area (Å²) in [5.74, 6) is 1.85. The van der Waals surface area contributed by atoms with Crippen LogP contribution in [-0.4, -0.2) is 25.9 Å². The van der Waals surface area contributed by atoms with Gasteiger partial charge in [-0.25, -0.2) is 0 Å². The molecule has 0 spiro atoms. The molecule has 4 nitrogen and oxygen atoms in total. The molecule has 0 atom stereocenters. The largest absolute Gasteiger partial charge is 0.504 e. The summed E-state index contributed by atoms with van der Waals surface area (Å²) in [4.78, 5) is 0. The lowest BCUT2D eigenvalue weighted by Crippen LogP contribution is -1.98. The summed E-state index contributed by atoms with van der Waals surface area (Å²) in [7, 11) is 3.17. The van der Waals surface area contributed by atoms with Gasteiger partial charge in [0, 0.05) is 5.56 Å². The molecule has 0 saturated carbocycles. The molecule has 0 aliphatic carbocycles. The molecule has 3 aromatic rings. The van der Waals surface area contributed by atoms with E-state index in [0.29, 0.717) is 23.7 Å². The van der Waals surface area contributed by atoms with Crippen LogP contribution in [0.25, 0.3) is 22.3 Å². The van der Waals surface area contributed by atoms with Crippen molar-refractivity contribution in [2.24, 2.45) is 0 Å². The zero-order valence-corrected chi connectivity index (χ0v) is 19.1. The highest BCUT2D eigenvalue weighted by Crippen LogP contribution is 2.49. The third-order valence-electron chi connectivity index (χ3n) is 5.20. The van der Waals surface area contributed by atoms with Crippen molar-refractivity contribution in [2.45, 2.75) is 27.7 Å². The summed E-state index contributed by atoms with van der Waals surface area (Å²) in [6.07, 6.45) is 2.04. The van der Waals surface area contributed by atoms with Gasteiger partial charge in [-0.1, -0.05) is 41.5 Å². The van der Waals surface area contributed by atoms with E-state index in [0.717, 1.165) is 33.6 Å². The molecule has 162 valence electrons. The minimum absolute atomic E-state index is 0.0510. The number of phenols is 1. The van der Waals surface area contributed by atoms with Crippen molar-refractivity contribution in [3.63, 3.8) is 0 Å². The van der Waals surface area contributed by atoms with Gasteiger partial charge in [0.25, 0.3) is 0 Å². The van der Waals surface area contributed by atoms with Gasteiger partial charge in [0.05, 0.1) is 19.8 Å². The number of aromatic hydroxyl groups is 1. The summed E-state index contributed by atoms with van der Waals surface area (Å²) in [5, 5.41) is 11.2. The molecule has 0 amide bonds. The third kappa shape index (κ3) is 4.85. The highest BCUT2D eigenvalue weighted by molar-refractivity contribution is 5.87. The van der Waals surface area contributed by atoms with Crippen LogP contribution in [0.4, 0.5) is 0 Å². The van der Waals surface area contributed by atoms with Crippen LogP contribution in [0, 0.1) is 13.8 Å². The molecule has 3 rings (SSSR count). The number of phenolic OH excluding ortho intramolecular Hbond substituents is 1. The predicted molar refractivity (Wildman–Crippen MR) is 126 cm³/mol. The first-order chi connectivity index (χ1) is 14.8. The van der Waals surface area contributed by atoms with Gasteiger partial charge in [-0.2, -0.15) is 0 Å². The molecule has 4 heteroatoms. The van der Waals surface area contributed by atoms with Crippen LogP contribution in [-0.2, 0) is 0 Å². The molecule has 0 aliphatic heterocycles. The van der Waals surface area contributed by atoms with E-state index in [1.54, 1.807) is 14.2 Å². The van der Waals surface area contributed by atoms with Crippen molar-refractivity contribution >= 4 is 0 Å². The molecule has 1 N–H and O–H groups in total. The van der Waals surface area contributed by atoms with Crippen molar-refractivity contribution in [1.29, 1.82) is 0 Å². The van der Waals surface area contributed by atoms with Crippen LogP contribution in [0.5, 0.6) is 23.0 Å². The van der Waals surface area contributed by atoms with Crippen molar-refractivity contribution in [2.75, 3.05) is 20.8 Å². The van der Waals surface area contributed by atoms with Gasteiger partial charge in [-0.3, -0.25) is 0 Å². The summed E-state index contributed by atoms with van der Waals surface area (Å²) >= 11 is 0. The Balaban J connectivity index is 2.08. The number of methoxy groups -OCH3 is 2. The SMILES string of the molecule is COc1cc(-c2ccc(C)cc2)c(OC)c(O)c1-c1ccc(OCC=C(C)C)c(C)c1. The first-order valence-electron chi connectivity index (χ1n) is 10.3. The molecular weight excluding hydrogens is 388 g/mol. The number of ether oxygens (including phenoxy) is 3. The molecule has 0 aromatic heterocycles. The average Bonchev–Trinajstić information content (AvgIpc) is 2.74. The lowest BCUT2D eigenvalue weighted by atomic mass is 9.95. The molecule has 0 aliphatic rings. The van der Waals surface area contributed by atoms with Gasteiger partial charge in [0.2, 0.25) is 0 Å². The van der Waals surface area contributed by atoms with Crippen LogP contribution in [0.15, 0.2) is 60.2 Å². The quantitative estimate of drug-likeness (QED) is 0.434. The van der Waals surface area contributed by atoms with E-state index in [2.05, 4.69) is 0 Å². The molecular formula is C27H30O4. The summed E-state index contributed by atoms with van der Waals surface area (Å²) in [6.45, 7) is 8.64. The van der Waals surface area contributed by atoms with Crippen LogP contribution in [0.2, 0.25) is 0 Å². The summed E-state index contributed by atoms with van der Waals surface area (Å²) in [6, 6.07) is 15.8. The van der Waals surface area contributed by atoms with E-state index in [-0.39, 0.29) is 5.75 Å². The van der Waals surface area contributed by atoms with E-state index in [1.165, 1.54) is 5.57 Å². The number of hydrogen-bond acceptors (Lipinski definition) is 4. The summed E-state index contributed by atoms with van der Waals surface area (Å²) in [5.41, 5.74) is 6.50. The van der Waals surface area contributed by atoms with E-state index in [9.17, 15) is 5.11 Å². The minimum atomic E-state index is 0.0510. The van der Waals surface area contributed by atoms with Crippen molar-refractivity contribution < 1.29 is 19.3 Å². The minimum Gasteiger partial charge on any atom is -0.504 e. The van der Waals surface area contributed by atoms with E-state index >= 15 is 0 Å². The fourth-order valence-corrected chi connectivity index (χ4v) is 3.49. The maximum absolute atomic E-state index is 11.2. The Bertz CT molecular complexity index is 1090. The normalized spacial score (nSPS) is 10.5. The lowest BCUT2D eigenvalue weighted by molar-refractivity contribution is 0.359. The molecule has 0 bridgehead atoms. The highest BCUT2D eigenvalue weighted by atomic mass is 16.5. The first kappa shape index (κ1) is 22.3. The average molecular weight is 419 g/mol. The highest BCUT2D eigenvalue weighted by Gasteiger charge is 2.22. The molecule has 0 saturated heterocycles.